The van der Waals surface area contributed by atoms with Gasteiger partial charge in [0.1, 0.15) is 29.6 Å². The summed E-state index contributed by atoms with van der Waals surface area (Å²) < 4.78 is 14.6. The molecule has 222 valence electrons. The van der Waals surface area contributed by atoms with Crippen molar-refractivity contribution in [2.24, 2.45) is 22.9 Å². The van der Waals surface area contributed by atoms with E-state index in [-0.39, 0.29) is 37.9 Å². The van der Waals surface area contributed by atoms with E-state index >= 15 is 0 Å². The van der Waals surface area contributed by atoms with Gasteiger partial charge < -0.3 is 47.6 Å². The zero-order valence-corrected chi connectivity index (χ0v) is 22.3. The second-order valence-electron chi connectivity index (χ2n) is 8.99. The number of benzene rings is 2. The summed E-state index contributed by atoms with van der Waals surface area (Å²) in [5.74, 6) is -2.75. The Bertz CT molecular complexity index is 1180. The number of aliphatic carboxylic acids is 1. The molecule has 2 aromatic rings. The lowest BCUT2D eigenvalue weighted by atomic mass is 10.1. The Hall–Kier alpha value is -4.21. The Kier molecular flexibility index (Phi) is 13.5. The van der Waals surface area contributed by atoms with Crippen LogP contribution in [0.5, 0.6) is 11.5 Å². The molecule has 3 rings (SSSR count). The molecular formula is C27H35N5O9. The van der Waals surface area contributed by atoms with E-state index in [1.165, 1.54) is 0 Å². The van der Waals surface area contributed by atoms with Crippen LogP contribution < -0.4 is 37.7 Å². The highest BCUT2D eigenvalue weighted by Gasteiger charge is 2.24. The van der Waals surface area contributed by atoms with E-state index < -0.39 is 36.0 Å². The van der Waals surface area contributed by atoms with E-state index in [9.17, 15) is 24.0 Å². The predicted octanol–water partition coefficient (Wildman–Crippen LogP) is -1.25. The molecule has 1 aliphatic heterocycles. The number of nitrogens with one attached hydrogen (secondary N) is 1. The number of esters is 4. The molecule has 0 radical (unpaired) electrons. The van der Waals surface area contributed by atoms with Gasteiger partial charge in [-0.05, 0) is 67.6 Å². The SMILES string of the molecule is NCC(=O)OC(=O)[C@@H](N)Cc1ccc(OC(=O)CN)cc1.N[C@@H](Cc1ccc(OC(=O)[C@@H]2CCCN2)cc1)C(=O)O. The van der Waals surface area contributed by atoms with Gasteiger partial charge in [-0.15, -0.1) is 0 Å². The van der Waals surface area contributed by atoms with Crippen molar-refractivity contribution >= 4 is 29.8 Å². The molecule has 0 spiro atoms. The van der Waals surface area contributed by atoms with Crippen LogP contribution in [0.25, 0.3) is 0 Å². The van der Waals surface area contributed by atoms with E-state index in [1.54, 1.807) is 48.5 Å². The van der Waals surface area contributed by atoms with Crippen molar-refractivity contribution in [2.75, 3.05) is 19.6 Å². The number of nitrogens with two attached hydrogens (primary N) is 4. The molecule has 2 aromatic carbocycles. The molecule has 0 amide bonds. The first kappa shape index (κ1) is 33.0. The van der Waals surface area contributed by atoms with Crippen LogP contribution in [0.1, 0.15) is 24.0 Å². The molecule has 3 atom stereocenters. The van der Waals surface area contributed by atoms with Crippen LogP contribution in [0.15, 0.2) is 48.5 Å². The molecule has 14 heteroatoms. The summed E-state index contributed by atoms with van der Waals surface area (Å²) >= 11 is 0. The molecule has 0 unspecified atom stereocenters. The Morgan fingerprint density at radius 1 is 0.805 bits per heavy atom. The average molecular weight is 574 g/mol. The zero-order valence-electron chi connectivity index (χ0n) is 22.3. The summed E-state index contributed by atoms with van der Waals surface area (Å²) in [4.78, 5) is 55.8. The van der Waals surface area contributed by atoms with Crippen molar-refractivity contribution in [3.05, 3.63) is 59.7 Å². The molecule has 41 heavy (non-hydrogen) atoms. The number of hydrogen-bond acceptors (Lipinski definition) is 13. The lowest BCUT2D eigenvalue weighted by molar-refractivity contribution is -0.159. The van der Waals surface area contributed by atoms with Crippen molar-refractivity contribution < 1.29 is 43.3 Å². The van der Waals surface area contributed by atoms with Gasteiger partial charge in [-0.1, -0.05) is 24.3 Å². The predicted molar refractivity (Wildman–Crippen MR) is 145 cm³/mol. The van der Waals surface area contributed by atoms with Crippen LogP contribution in [-0.2, 0) is 41.6 Å². The fourth-order valence-corrected chi connectivity index (χ4v) is 3.54. The third-order valence-corrected chi connectivity index (χ3v) is 5.72. The van der Waals surface area contributed by atoms with Crippen LogP contribution >= 0.6 is 0 Å². The summed E-state index contributed by atoms with van der Waals surface area (Å²) in [5.41, 5.74) is 22.7. The number of carboxylic acid groups (broad SMARTS) is 1. The van der Waals surface area contributed by atoms with Crippen molar-refractivity contribution in [3.63, 3.8) is 0 Å². The number of carbonyl (C=O) groups is 5. The number of carboxylic acids is 1. The topological polar surface area (TPSA) is 249 Å². The first-order chi connectivity index (χ1) is 19.5. The van der Waals surface area contributed by atoms with Crippen molar-refractivity contribution in [1.29, 1.82) is 0 Å². The fraction of sp³-hybridized carbons (Fsp3) is 0.370. The summed E-state index contributed by atoms with van der Waals surface area (Å²) in [6.07, 6.45) is 2.19. The molecule has 1 heterocycles. The standard InChI is InChI=1S/C14H18N2O4.C13H17N3O5/c15-11(13(17)18)8-9-3-5-10(6-4-9)20-14(19)12-2-1-7-16-12;14-6-11(17)20-9-3-1-8(2-4-9)5-10(16)13(19)21-12(18)7-15/h3-6,11-12,16H,1-2,7-8,15H2,(H,17,18);1-4,10H,5-7,14-16H2/t11-,12-;10-/m00/s1. The lowest BCUT2D eigenvalue weighted by Gasteiger charge is -2.11. The van der Waals surface area contributed by atoms with Gasteiger partial charge in [0.2, 0.25) is 0 Å². The number of rotatable bonds is 11. The number of hydrogen-bond donors (Lipinski definition) is 6. The van der Waals surface area contributed by atoms with Gasteiger partial charge in [0.05, 0.1) is 13.1 Å². The fourth-order valence-electron chi connectivity index (χ4n) is 3.54. The second-order valence-corrected chi connectivity index (χ2v) is 8.99. The molecular weight excluding hydrogens is 538 g/mol. The van der Waals surface area contributed by atoms with Crippen LogP contribution in [0.2, 0.25) is 0 Å². The van der Waals surface area contributed by atoms with E-state index in [1.807, 2.05) is 0 Å². The maximum absolute atomic E-state index is 11.8. The third kappa shape index (κ3) is 11.8. The second kappa shape index (κ2) is 16.8. The molecule has 0 aliphatic carbocycles. The van der Waals surface area contributed by atoms with Gasteiger partial charge in [0.25, 0.3) is 0 Å². The van der Waals surface area contributed by atoms with Gasteiger partial charge >= 0.3 is 29.8 Å². The Balaban J connectivity index is 0.000000287. The van der Waals surface area contributed by atoms with Crippen molar-refractivity contribution in [2.45, 2.75) is 43.8 Å². The Morgan fingerprint density at radius 2 is 1.32 bits per heavy atom. The van der Waals surface area contributed by atoms with Gasteiger partial charge in [-0.2, -0.15) is 0 Å². The quantitative estimate of drug-likeness (QED) is 0.104. The van der Waals surface area contributed by atoms with Crippen LogP contribution in [0.4, 0.5) is 0 Å². The highest BCUT2D eigenvalue weighted by molar-refractivity contribution is 5.89. The molecule has 1 aliphatic rings. The average Bonchev–Trinajstić information content (AvgIpc) is 3.50. The molecule has 0 aromatic heterocycles. The minimum absolute atomic E-state index is 0.168. The van der Waals surface area contributed by atoms with Crippen LogP contribution in [0.3, 0.4) is 0 Å². The van der Waals surface area contributed by atoms with Crippen molar-refractivity contribution in [3.8, 4) is 11.5 Å². The zero-order chi connectivity index (χ0) is 30.4. The monoisotopic (exact) mass is 573 g/mol. The van der Waals surface area contributed by atoms with E-state index in [4.69, 9.17) is 37.5 Å². The molecule has 0 bridgehead atoms. The number of carbonyl (C=O) groups excluding carboxylic acids is 4. The first-order valence-corrected chi connectivity index (χ1v) is 12.7. The molecule has 14 nitrogen and oxygen atoms in total. The minimum atomic E-state index is -1.03. The minimum Gasteiger partial charge on any atom is -0.480 e. The largest absolute Gasteiger partial charge is 0.480 e. The summed E-state index contributed by atoms with van der Waals surface area (Å²) in [6, 6.07) is 11.0. The van der Waals surface area contributed by atoms with Gasteiger partial charge in [0.15, 0.2) is 0 Å². The Labute approximate surface area is 236 Å². The highest BCUT2D eigenvalue weighted by Crippen LogP contribution is 2.16. The third-order valence-electron chi connectivity index (χ3n) is 5.72. The van der Waals surface area contributed by atoms with E-state index in [2.05, 4.69) is 10.1 Å². The lowest BCUT2D eigenvalue weighted by Crippen LogP contribution is -2.37. The maximum atomic E-state index is 11.8. The Morgan fingerprint density at radius 3 is 1.78 bits per heavy atom. The molecule has 1 saturated heterocycles. The molecule has 1 fully saturated rings. The summed E-state index contributed by atoms with van der Waals surface area (Å²) in [6.45, 7) is 0.235. The smallest absolute Gasteiger partial charge is 0.330 e. The van der Waals surface area contributed by atoms with Crippen molar-refractivity contribution in [1.82, 2.24) is 5.32 Å². The van der Waals surface area contributed by atoms with Gasteiger partial charge in [-0.3, -0.25) is 14.4 Å². The maximum Gasteiger partial charge on any atom is 0.330 e. The highest BCUT2D eigenvalue weighted by atomic mass is 16.6. The normalized spacial score (nSPS) is 15.5. The van der Waals surface area contributed by atoms with E-state index in [0.717, 1.165) is 24.9 Å². The summed E-state index contributed by atoms with van der Waals surface area (Å²) in [7, 11) is 0. The number of ether oxygens (including phenoxy) is 3. The summed E-state index contributed by atoms with van der Waals surface area (Å²) in [5, 5.41) is 11.8. The molecule has 10 N–H and O–H groups in total. The first-order valence-electron chi connectivity index (χ1n) is 12.7. The van der Waals surface area contributed by atoms with Crippen LogP contribution in [0, 0.1) is 0 Å². The van der Waals surface area contributed by atoms with Gasteiger partial charge in [0, 0.05) is 0 Å². The van der Waals surface area contributed by atoms with Gasteiger partial charge in [-0.25, -0.2) is 9.59 Å². The van der Waals surface area contributed by atoms with E-state index in [0.29, 0.717) is 17.1 Å². The molecule has 0 saturated carbocycles. The van der Waals surface area contributed by atoms with Crippen LogP contribution in [-0.4, -0.2) is 72.7 Å².